The van der Waals surface area contributed by atoms with Crippen LogP contribution in [-0.2, 0) is 6.42 Å². The van der Waals surface area contributed by atoms with Crippen LogP contribution in [0.4, 0.5) is 5.82 Å². The first-order valence-electron chi connectivity index (χ1n) is 6.12. The Labute approximate surface area is 98.7 Å². The van der Waals surface area contributed by atoms with E-state index in [9.17, 15) is 0 Å². The smallest absolute Gasteiger partial charge is 0.151 e. The summed E-state index contributed by atoms with van der Waals surface area (Å²) < 4.78 is 0. The van der Waals surface area contributed by atoms with E-state index >= 15 is 0 Å². The van der Waals surface area contributed by atoms with Crippen molar-refractivity contribution in [1.29, 1.82) is 0 Å². The zero-order valence-electron chi connectivity index (χ0n) is 11.1. The van der Waals surface area contributed by atoms with Crippen LogP contribution >= 0.6 is 0 Å². The maximum Gasteiger partial charge on any atom is 0.151 e. The predicted molar refractivity (Wildman–Crippen MR) is 68.8 cm³/mol. The van der Waals surface area contributed by atoms with Crippen LogP contribution in [0.5, 0.6) is 0 Å². The molecular weight excluding hydrogens is 198 g/mol. The second-order valence-electron chi connectivity index (χ2n) is 4.77. The van der Waals surface area contributed by atoms with Gasteiger partial charge >= 0.3 is 0 Å². The van der Waals surface area contributed by atoms with E-state index in [4.69, 9.17) is 0 Å². The third-order valence-corrected chi connectivity index (χ3v) is 2.77. The molecule has 1 aromatic heterocycles. The Bertz CT molecular complexity index is 345. The molecule has 0 aliphatic carbocycles. The Morgan fingerprint density at radius 1 is 1.12 bits per heavy atom. The molecule has 0 aliphatic rings. The van der Waals surface area contributed by atoms with Crippen molar-refractivity contribution in [2.75, 3.05) is 11.9 Å². The summed E-state index contributed by atoms with van der Waals surface area (Å²) in [5.74, 6) is 1.56. The molecule has 0 aromatic carbocycles. The van der Waals surface area contributed by atoms with E-state index in [2.05, 4.69) is 50.1 Å². The minimum Gasteiger partial charge on any atom is -0.368 e. The first-order valence-corrected chi connectivity index (χ1v) is 6.12. The van der Waals surface area contributed by atoms with E-state index in [0.29, 0.717) is 5.92 Å². The summed E-state index contributed by atoms with van der Waals surface area (Å²) in [6, 6.07) is 0. The molecule has 0 fully saturated rings. The van der Waals surface area contributed by atoms with E-state index in [1.807, 2.05) is 0 Å². The molecule has 0 aliphatic heterocycles. The molecule has 1 heterocycles. The fourth-order valence-corrected chi connectivity index (χ4v) is 1.65. The lowest BCUT2D eigenvalue weighted by molar-refractivity contribution is 0.624. The molecule has 0 amide bonds. The van der Waals surface area contributed by atoms with Gasteiger partial charge in [-0.25, -0.2) is 0 Å². The zero-order chi connectivity index (χ0) is 12.1. The molecule has 1 N–H and O–H groups in total. The third-order valence-electron chi connectivity index (χ3n) is 2.77. The van der Waals surface area contributed by atoms with Gasteiger partial charge in [-0.2, -0.15) is 5.10 Å². The van der Waals surface area contributed by atoms with E-state index in [1.165, 1.54) is 11.1 Å². The van der Waals surface area contributed by atoms with Gasteiger partial charge in [0.25, 0.3) is 0 Å². The van der Waals surface area contributed by atoms with E-state index in [0.717, 1.165) is 30.9 Å². The van der Waals surface area contributed by atoms with E-state index in [-0.39, 0.29) is 0 Å². The normalized spacial score (nSPS) is 10.9. The number of anilines is 1. The van der Waals surface area contributed by atoms with Crippen LogP contribution in [0.25, 0.3) is 0 Å². The molecule has 3 heteroatoms. The summed E-state index contributed by atoms with van der Waals surface area (Å²) in [4.78, 5) is 0. The minimum absolute atomic E-state index is 0.627. The lowest BCUT2D eigenvalue weighted by Crippen LogP contribution is -2.10. The van der Waals surface area contributed by atoms with Gasteiger partial charge in [-0.1, -0.05) is 20.8 Å². The third kappa shape index (κ3) is 3.19. The number of hydrogen-bond acceptors (Lipinski definition) is 3. The molecule has 90 valence electrons. The standard InChI is InChI=1S/C13H23N3/c1-6-7-14-13-11(5)10(4)12(15-16-13)8-9(2)3/h9H,6-8H2,1-5H3,(H,14,16). The van der Waals surface area contributed by atoms with Crippen molar-refractivity contribution in [3.05, 3.63) is 16.8 Å². The molecule has 1 aromatic rings. The molecule has 3 nitrogen and oxygen atoms in total. The maximum atomic E-state index is 4.32. The largest absolute Gasteiger partial charge is 0.368 e. The van der Waals surface area contributed by atoms with E-state index < -0.39 is 0 Å². The summed E-state index contributed by atoms with van der Waals surface area (Å²) in [5, 5.41) is 11.9. The van der Waals surface area contributed by atoms with Crippen LogP contribution in [0.1, 0.15) is 44.0 Å². The molecule has 0 unspecified atom stereocenters. The van der Waals surface area contributed by atoms with Gasteiger partial charge in [-0.05, 0) is 43.7 Å². The first-order chi connectivity index (χ1) is 7.56. The molecule has 0 saturated heterocycles. The van der Waals surface area contributed by atoms with Crippen molar-refractivity contribution in [3.8, 4) is 0 Å². The molecule has 0 atom stereocenters. The Balaban J connectivity index is 2.89. The Morgan fingerprint density at radius 3 is 2.38 bits per heavy atom. The van der Waals surface area contributed by atoms with Crippen LogP contribution in [0, 0.1) is 19.8 Å². The van der Waals surface area contributed by atoms with Gasteiger partial charge in [0.1, 0.15) is 0 Å². The Morgan fingerprint density at radius 2 is 1.81 bits per heavy atom. The average Bonchev–Trinajstić information content (AvgIpc) is 2.23. The summed E-state index contributed by atoms with van der Waals surface area (Å²) >= 11 is 0. The summed E-state index contributed by atoms with van der Waals surface area (Å²) in [6.45, 7) is 11.8. The number of aromatic nitrogens is 2. The van der Waals surface area contributed by atoms with Crippen LogP contribution in [-0.4, -0.2) is 16.7 Å². The highest BCUT2D eigenvalue weighted by Crippen LogP contribution is 2.19. The lowest BCUT2D eigenvalue weighted by Gasteiger charge is -2.13. The summed E-state index contributed by atoms with van der Waals surface area (Å²) in [5.41, 5.74) is 3.65. The second kappa shape index (κ2) is 5.83. The number of rotatable bonds is 5. The monoisotopic (exact) mass is 221 g/mol. The number of nitrogens with one attached hydrogen (secondary N) is 1. The van der Waals surface area contributed by atoms with Gasteiger partial charge in [0.15, 0.2) is 5.82 Å². The molecular formula is C13H23N3. The van der Waals surface area contributed by atoms with Crippen LogP contribution in [0.2, 0.25) is 0 Å². The van der Waals surface area contributed by atoms with Gasteiger partial charge in [-0.15, -0.1) is 5.10 Å². The van der Waals surface area contributed by atoms with Crippen LogP contribution in [0.15, 0.2) is 0 Å². The summed E-state index contributed by atoms with van der Waals surface area (Å²) in [7, 11) is 0. The van der Waals surface area contributed by atoms with Crippen LogP contribution in [0.3, 0.4) is 0 Å². The van der Waals surface area contributed by atoms with Gasteiger partial charge in [0.2, 0.25) is 0 Å². The Kier molecular flexibility index (Phi) is 4.71. The maximum absolute atomic E-state index is 4.32. The first kappa shape index (κ1) is 12.9. The average molecular weight is 221 g/mol. The molecule has 0 bridgehead atoms. The van der Waals surface area contributed by atoms with Crippen molar-refractivity contribution in [3.63, 3.8) is 0 Å². The number of hydrogen-bond donors (Lipinski definition) is 1. The highest BCUT2D eigenvalue weighted by atomic mass is 15.2. The second-order valence-corrected chi connectivity index (χ2v) is 4.77. The van der Waals surface area contributed by atoms with Gasteiger partial charge in [0.05, 0.1) is 5.69 Å². The molecule has 0 saturated carbocycles. The quantitative estimate of drug-likeness (QED) is 0.830. The SMILES string of the molecule is CCCNc1nnc(CC(C)C)c(C)c1C. The fraction of sp³-hybridized carbons (Fsp3) is 0.692. The van der Waals surface area contributed by atoms with Crippen LogP contribution < -0.4 is 5.32 Å². The van der Waals surface area contributed by atoms with Crippen molar-refractivity contribution in [2.24, 2.45) is 5.92 Å². The fourth-order valence-electron chi connectivity index (χ4n) is 1.65. The van der Waals surface area contributed by atoms with Crippen molar-refractivity contribution in [2.45, 2.75) is 47.5 Å². The number of nitrogens with zero attached hydrogens (tertiary/aromatic N) is 2. The zero-order valence-corrected chi connectivity index (χ0v) is 11.1. The summed E-state index contributed by atoms with van der Waals surface area (Å²) in [6.07, 6.45) is 2.11. The molecule has 0 radical (unpaired) electrons. The van der Waals surface area contributed by atoms with Crippen molar-refractivity contribution >= 4 is 5.82 Å². The van der Waals surface area contributed by atoms with Gasteiger partial charge in [-0.3, -0.25) is 0 Å². The Hall–Kier alpha value is -1.12. The predicted octanol–water partition coefficient (Wildman–Crippen LogP) is 3.11. The molecule has 0 spiro atoms. The topological polar surface area (TPSA) is 37.8 Å². The van der Waals surface area contributed by atoms with Gasteiger partial charge < -0.3 is 5.32 Å². The minimum atomic E-state index is 0.627. The van der Waals surface area contributed by atoms with Gasteiger partial charge in [0, 0.05) is 6.54 Å². The molecule has 1 rings (SSSR count). The molecule has 16 heavy (non-hydrogen) atoms. The lowest BCUT2D eigenvalue weighted by atomic mass is 10.0. The highest BCUT2D eigenvalue weighted by molar-refractivity contribution is 5.47. The van der Waals surface area contributed by atoms with Crippen molar-refractivity contribution in [1.82, 2.24) is 10.2 Å². The van der Waals surface area contributed by atoms with Crippen molar-refractivity contribution < 1.29 is 0 Å². The highest BCUT2D eigenvalue weighted by Gasteiger charge is 2.10. The van der Waals surface area contributed by atoms with E-state index in [1.54, 1.807) is 0 Å².